The summed E-state index contributed by atoms with van der Waals surface area (Å²) in [4.78, 5) is 3.56. The van der Waals surface area contributed by atoms with Gasteiger partial charge in [0.25, 0.3) is 0 Å². The van der Waals surface area contributed by atoms with Gasteiger partial charge in [-0.15, -0.1) is 0 Å². The van der Waals surface area contributed by atoms with E-state index in [0.29, 0.717) is 5.56 Å². The van der Waals surface area contributed by atoms with E-state index in [9.17, 15) is 4.39 Å². The minimum absolute atomic E-state index is 0.113. The largest absolute Gasteiger partial charge is 0.340 e. The lowest BCUT2D eigenvalue weighted by Crippen LogP contribution is -2.31. The Bertz CT molecular complexity index is 524. The molecule has 1 saturated heterocycles. The lowest BCUT2D eigenvalue weighted by atomic mass is 10.0. The van der Waals surface area contributed by atoms with Crippen LogP contribution in [0.15, 0.2) is 12.3 Å². The van der Waals surface area contributed by atoms with Crippen LogP contribution in [0.25, 0.3) is 0 Å². The number of ether oxygens (including phenoxy) is 2. The van der Waals surface area contributed by atoms with Gasteiger partial charge in [-0.05, 0) is 33.8 Å². The van der Waals surface area contributed by atoms with Crippen LogP contribution in [-0.4, -0.2) is 16.7 Å². The van der Waals surface area contributed by atoms with E-state index in [-0.39, 0.29) is 11.7 Å². The highest BCUT2D eigenvalue weighted by Crippen LogP contribution is 2.42. The number of nitrogens with zero attached hydrogens (tertiary/aromatic N) is 2. The Kier molecular flexibility index (Phi) is 2.88. The SMILES string of the molecule is CC1OC(C)(c2cnc(F)c(C#N)c2)OC1(C)C. The summed E-state index contributed by atoms with van der Waals surface area (Å²) in [6, 6.07) is 3.17. The molecule has 0 aromatic carbocycles. The molecule has 2 rings (SSSR count). The summed E-state index contributed by atoms with van der Waals surface area (Å²) in [7, 11) is 0. The van der Waals surface area contributed by atoms with Crippen LogP contribution in [0.1, 0.15) is 38.8 Å². The number of hydrogen-bond acceptors (Lipinski definition) is 4. The van der Waals surface area contributed by atoms with Gasteiger partial charge in [0, 0.05) is 11.8 Å². The first-order chi connectivity index (χ1) is 8.28. The van der Waals surface area contributed by atoms with Gasteiger partial charge in [0.05, 0.1) is 11.7 Å². The topological polar surface area (TPSA) is 55.1 Å². The molecule has 1 aliphatic heterocycles. The Morgan fingerprint density at radius 2 is 2.11 bits per heavy atom. The summed E-state index contributed by atoms with van der Waals surface area (Å²) < 4.78 is 24.9. The molecule has 96 valence electrons. The molecule has 1 aliphatic rings. The first kappa shape index (κ1) is 12.9. The van der Waals surface area contributed by atoms with Crippen molar-refractivity contribution >= 4 is 0 Å². The Labute approximate surface area is 105 Å². The summed E-state index contributed by atoms with van der Waals surface area (Å²) in [5.41, 5.74) is -0.0215. The maximum absolute atomic E-state index is 13.2. The van der Waals surface area contributed by atoms with Gasteiger partial charge in [0.2, 0.25) is 5.95 Å². The number of halogens is 1. The number of nitriles is 1. The molecular formula is C13H15FN2O2. The Hall–Kier alpha value is -1.51. The minimum atomic E-state index is -1.00. The van der Waals surface area contributed by atoms with Crippen molar-refractivity contribution in [3.8, 4) is 6.07 Å². The zero-order chi connectivity index (χ0) is 13.6. The molecule has 2 atom stereocenters. The number of pyridine rings is 1. The Morgan fingerprint density at radius 1 is 1.44 bits per heavy atom. The summed E-state index contributed by atoms with van der Waals surface area (Å²) in [5, 5.41) is 8.81. The van der Waals surface area contributed by atoms with Crippen LogP contribution in [-0.2, 0) is 15.3 Å². The smallest absolute Gasteiger partial charge is 0.230 e. The molecule has 18 heavy (non-hydrogen) atoms. The zero-order valence-electron chi connectivity index (χ0n) is 10.8. The van der Waals surface area contributed by atoms with E-state index in [1.807, 2.05) is 20.8 Å². The third-order valence-electron chi connectivity index (χ3n) is 3.32. The third kappa shape index (κ3) is 1.98. The van der Waals surface area contributed by atoms with E-state index in [1.165, 1.54) is 12.3 Å². The molecule has 0 spiro atoms. The monoisotopic (exact) mass is 250 g/mol. The van der Waals surface area contributed by atoms with Gasteiger partial charge < -0.3 is 9.47 Å². The van der Waals surface area contributed by atoms with Crippen molar-refractivity contribution in [1.29, 1.82) is 5.26 Å². The van der Waals surface area contributed by atoms with Crippen LogP contribution in [0.5, 0.6) is 0 Å². The van der Waals surface area contributed by atoms with Crippen molar-refractivity contribution < 1.29 is 13.9 Å². The average Bonchev–Trinajstić information content (AvgIpc) is 2.49. The number of aromatic nitrogens is 1. The van der Waals surface area contributed by atoms with Crippen LogP contribution < -0.4 is 0 Å². The van der Waals surface area contributed by atoms with E-state index in [0.717, 1.165) is 0 Å². The predicted octanol–water partition coefficient (Wildman–Crippen LogP) is 2.48. The van der Waals surface area contributed by atoms with Gasteiger partial charge in [-0.2, -0.15) is 9.65 Å². The van der Waals surface area contributed by atoms with E-state index in [1.54, 1.807) is 13.0 Å². The molecule has 2 heterocycles. The third-order valence-corrected chi connectivity index (χ3v) is 3.32. The molecule has 1 aromatic heterocycles. The van der Waals surface area contributed by atoms with Crippen LogP contribution in [0.3, 0.4) is 0 Å². The summed E-state index contributed by atoms with van der Waals surface area (Å²) in [6.45, 7) is 7.50. The van der Waals surface area contributed by atoms with Crippen molar-refractivity contribution in [3.05, 3.63) is 29.3 Å². The highest BCUT2D eigenvalue weighted by molar-refractivity contribution is 5.32. The molecule has 0 N–H and O–H groups in total. The first-order valence-electron chi connectivity index (χ1n) is 5.72. The summed E-state index contributed by atoms with van der Waals surface area (Å²) in [5.74, 6) is -1.79. The Morgan fingerprint density at radius 3 is 2.61 bits per heavy atom. The maximum atomic E-state index is 13.2. The van der Waals surface area contributed by atoms with Gasteiger partial charge in [-0.1, -0.05) is 0 Å². The van der Waals surface area contributed by atoms with Gasteiger partial charge in [-0.3, -0.25) is 0 Å². The van der Waals surface area contributed by atoms with E-state index in [4.69, 9.17) is 14.7 Å². The molecule has 1 aromatic rings. The predicted molar refractivity (Wildman–Crippen MR) is 62.0 cm³/mol. The van der Waals surface area contributed by atoms with Crippen LogP contribution in [0.2, 0.25) is 0 Å². The van der Waals surface area contributed by atoms with Crippen molar-refractivity contribution in [3.63, 3.8) is 0 Å². The van der Waals surface area contributed by atoms with Gasteiger partial charge in [-0.25, -0.2) is 4.98 Å². The normalized spacial score (nSPS) is 30.1. The maximum Gasteiger partial charge on any atom is 0.230 e. The molecule has 1 fully saturated rings. The number of hydrogen-bond donors (Lipinski definition) is 0. The highest BCUT2D eigenvalue weighted by Gasteiger charge is 2.48. The van der Waals surface area contributed by atoms with Crippen LogP contribution in [0.4, 0.5) is 4.39 Å². The highest BCUT2D eigenvalue weighted by atomic mass is 19.1. The molecule has 0 amide bonds. The first-order valence-corrected chi connectivity index (χ1v) is 5.72. The second kappa shape index (κ2) is 4.01. The van der Waals surface area contributed by atoms with Crippen molar-refractivity contribution in [2.24, 2.45) is 0 Å². The van der Waals surface area contributed by atoms with Crippen LogP contribution >= 0.6 is 0 Å². The van der Waals surface area contributed by atoms with Gasteiger partial charge in [0.1, 0.15) is 11.6 Å². The average molecular weight is 250 g/mol. The quantitative estimate of drug-likeness (QED) is 0.718. The second-order valence-corrected chi connectivity index (χ2v) is 5.09. The van der Waals surface area contributed by atoms with E-state index >= 15 is 0 Å². The molecule has 0 aliphatic carbocycles. The summed E-state index contributed by atoms with van der Waals surface area (Å²) in [6.07, 6.45) is 1.22. The molecule has 4 nitrogen and oxygen atoms in total. The number of rotatable bonds is 1. The fourth-order valence-electron chi connectivity index (χ4n) is 1.99. The molecule has 5 heteroatoms. The van der Waals surface area contributed by atoms with Gasteiger partial charge >= 0.3 is 0 Å². The molecule has 0 saturated carbocycles. The summed E-state index contributed by atoms with van der Waals surface area (Å²) >= 11 is 0. The minimum Gasteiger partial charge on any atom is -0.340 e. The standard InChI is InChI=1S/C13H15FN2O2/c1-8-12(2,3)18-13(4,17-8)10-5-9(6-15)11(14)16-7-10/h5,7-8H,1-4H3. The van der Waals surface area contributed by atoms with E-state index in [2.05, 4.69) is 4.98 Å². The molecular weight excluding hydrogens is 235 g/mol. The van der Waals surface area contributed by atoms with Gasteiger partial charge in [0.15, 0.2) is 5.79 Å². The molecule has 2 unspecified atom stereocenters. The van der Waals surface area contributed by atoms with E-state index < -0.39 is 17.3 Å². The molecule has 0 bridgehead atoms. The fraction of sp³-hybridized carbons (Fsp3) is 0.538. The van der Waals surface area contributed by atoms with Crippen molar-refractivity contribution in [2.75, 3.05) is 0 Å². The lowest BCUT2D eigenvalue weighted by molar-refractivity contribution is -0.179. The zero-order valence-corrected chi connectivity index (χ0v) is 10.8. The lowest BCUT2D eigenvalue weighted by Gasteiger charge is -2.25. The second-order valence-electron chi connectivity index (χ2n) is 5.09. The fourth-order valence-corrected chi connectivity index (χ4v) is 1.99. The Balaban J connectivity index is 2.41. The van der Waals surface area contributed by atoms with Crippen molar-refractivity contribution in [2.45, 2.75) is 45.2 Å². The van der Waals surface area contributed by atoms with Crippen molar-refractivity contribution in [1.82, 2.24) is 4.98 Å². The molecule has 0 radical (unpaired) electrons. The van der Waals surface area contributed by atoms with Crippen LogP contribution in [0, 0.1) is 17.3 Å².